The molecule has 1 aliphatic heterocycles. The van der Waals surface area contributed by atoms with Crippen LogP contribution in [-0.2, 0) is 19.4 Å². The predicted molar refractivity (Wildman–Crippen MR) is 91.6 cm³/mol. The molecule has 1 fully saturated rings. The van der Waals surface area contributed by atoms with Crippen molar-refractivity contribution in [2.45, 2.75) is 22.6 Å². The Morgan fingerprint density at radius 3 is 2.21 bits per heavy atom. The number of nitrogens with zero attached hydrogens (tertiary/aromatic N) is 1. The molecular weight excluding hydrogens is 326 g/mol. The van der Waals surface area contributed by atoms with Crippen LogP contribution >= 0.6 is 0 Å². The number of rotatable bonds is 4. The molecule has 6 heteroatoms. The van der Waals surface area contributed by atoms with E-state index in [0.717, 1.165) is 5.69 Å². The maximum atomic E-state index is 12.9. The third-order valence-electron chi connectivity index (χ3n) is 4.33. The summed E-state index contributed by atoms with van der Waals surface area (Å²) in [7, 11) is -2.18. The van der Waals surface area contributed by atoms with Gasteiger partial charge in [0.2, 0.25) is 0 Å². The standard InChI is InChI=1S/C18H19NO4S/c1-23-18(20)17-12-16(13-19(17)14-8-4-2-5-9-14)24(21,22)15-10-6-3-7-11-15/h2-11,16-17H,12-13H2,1H3/t16-,17+/m1/s1. The molecule has 1 heterocycles. The summed E-state index contributed by atoms with van der Waals surface area (Å²) in [4.78, 5) is 14.3. The molecule has 0 aromatic heterocycles. The van der Waals surface area contributed by atoms with Crippen molar-refractivity contribution in [3.05, 3.63) is 60.7 Å². The van der Waals surface area contributed by atoms with Gasteiger partial charge in [0.1, 0.15) is 6.04 Å². The molecule has 3 rings (SSSR count). The number of methoxy groups -OCH3 is 1. The molecule has 1 aliphatic rings. The minimum absolute atomic E-state index is 0.221. The zero-order valence-corrected chi connectivity index (χ0v) is 14.1. The lowest BCUT2D eigenvalue weighted by Crippen LogP contribution is -2.36. The molecule has 2 aromatic carbocycles. The van der Waals surface area contributed by atoms with Crippen LogP contribution in [0.15, 0.2) is 65.6 Å². The van der Waals surface area contributed by atoms with Gasteiger partial charge in [-0.25, -0.2) is 13.2 Å². The molecule has 0 spiro atoms. The lowest BCUT2D eigenvalue weighted by molar-refractivity contribution is -0.141. The van der Waals surface area contributed by atoms with Crippen molar-refractivity contribution < 1.29 is 17.9 Å². The van der Waals surface area contributed by atoms with Gasteiger partial charge in [0, 0.05) is 12.2 Å². The summed E-state index contributed by atoms with van der Waals surface area (Å²) in [5.41, 5.74) is 0.818. The predicted octanol–water partition coefficient (Wildman–Crippen LogP) is 2.28. The van der Waals surface area contributed by atoms with Crippen LogP contribution < -0.4 is 4.90 Å². The van der Waals surface area contributed by atoms with E-state index in [9.17, 15) is 13.2 Å². The van der Waals surface area contributed by atoms with Crippen LogP contribution in [0.2, 0.25) is 0 Å². The number of para-hydroxylation sites is 1. The van der Waals surface area contributed by atoms with E-state index in [2.05, 4.69) is 0 Å². The van der Waals surface area contributed by atoms with E-state index in [1.807, 2.05) is 35.2 Å². The number of esters is 1. The number of benzene rings is 2. The van der Waals surface area contributed by atoms with Crippen molar-refractivity contribution in [3.8, 4) is 0 Å². The highest BCUT2D eigenvalue weighted by molar-refractivity contribution is 7.92. The Kier molecular flexibility index (Phi) is 4.57. The molecule has 1 saturated heterocycles. The summed E-state index contributed by atoms with van der Waals surface area (Å²) in [6.07, 6.45) is 0.221. The summed E-state index contributed by atoms with van der Waals surface area (Å²) >= 11 is 0. The van der Waals surface area contributed by atoms with Crippen LogP contribution in [0.5, 0.6) is 0 Å². The Balaban J connectivity index is 1.94. The molecular formula is C18H19NO4S. The van der Waals surface area contributed by atoms with Gasteiger partial charge in [0.15, 0.2) is 9.84 Å². The summed E-state index contributed by atoms with van der Waals surface area (Å²) in [5.74, 6) is -0.412. The Bertz CT molecular complexity index is 805. The maximum absolute atomic E-state index is 12.9. The maximum Gasteiger partial charge on any atom is 0.328 e. The monoisotopic (exact) mass is 345 g/mol. The van der Waals surface area contributed by atoms with Crippen LogP contribution in [0.4, 0.5) is 5.69 Å². The highest BCUT2D eigenvalue weighted by Gasteiger charge is 2.43. The van der Waals surface area contributed by atoms with E-state index in [-0.39, 0.29) is 17.9 Å². The number of ether oxygens (including phenoxy) is 1. The Labute approximate surface area is 141 Å². The second-order valence-corrected chi connectivity index (χ2v) is 7.97. The summed E-state index contributed by atoms with van der Waals surface area (Å²) in [5, 5.41) is -0.649. The van der Waals surface area contributed by atoms with Gasteiger partial charge in [-0.3, -0.25) is 0 Å². The molecule has 5 nitrogen and oxygen atoms in total. The summed E-state index contributed by atoms with van der Waals surface area (Å²) in [6.45, 7) is 0.265. The Morgan fingerprint density at radius 1 is 1.04 bits per heavy atom. The Hall–Kier alpha value is -2.34. The summed E-state index contributed by atoms with van der Waals surface area (Å²) < 4.78 is 30.7. The fourth-order valence-corrected chi connectivity index (χ4v) is 4.80. The molecule has 0 N–H and O–H groups in total. The zero-order valence-electron chi connectivity index (χ0n) is 13.3. The third kappa shape index (κ3) is 3.01. The molecule has 0 saturated carbocycles. The van der Waals surface area contributed by atoms with Crippen molar-refractivity contribution >= 4 is 21.5 Å². The first-order valence-electron chi connectivity index (χ1n) is 7.72. The number of carbonyl (C=O) groups is 1. The van der Waals surface area contributed by atoms with E-state index >= 15 is 0 Å². The SMILES string of the molecule is COC(=O)[C@@H]1C[C@@H](S(=O)(=O)c2ccccc2)CN1c1ccccc1. The van der Waals surface area contributed by atoms with Gasteiger partial charge in [-0.05, 0) is 30.7 Å². The van der Waals surface area contributed by atoms with Crippen LogP contribution in [0.25, 0.3) is 0 Å². The molecule has 0 radical (unpaired) electrons. The highest BCUT2D eigenvalue weighted by atomic mass is 32.2. The van der Waals surface area contributed by atoms with E-state index in [0.29, 0.717) is 0 Å². The van der Waals surface area contributed by atoms with E-state index in [1.54, 1.807) is 30.3 Å². The van der Waals surface area contributed by atoms with Crippen LogP contribution in [-0.4, -0.2) is 39.3 Å². The largest absolute Gasteiger partial charge is 0.467 e. The van der Waals surface area contributed by atoms with Crippen LogP contribution in [0.1, 0.15) is 6.42 Å². The third-order valence-corrected chi connectivity index (χ3v) is 6.48. The van der Waals surface area contributed by atoms with Gasteiger partial charge in [-0.2, -0.15) is 0 Å². The van der Waals surface area contributed by atoms with Gasteiger partial charge in [-0.15, -0.1) is 0 Å². The van der Waals surface area contributed by atoms with Gasteiger partial charge >= 0.3 is 5.97 Å². The van der Waals surface area contributed by atoms with Crippen LogP contribution in [0, 0.1) is 0 Å². The van der Waals surface area contributed by atoms with Gasteiger partial charge < -0.3 is 9.64 Å². The first-order valence-corrected chi connectivity index (χ1v) is 9.27. The molecule has 24 heavy (non-hydrogen) atoms. The fourth-order valence-electron chi connectivity index (χ4n) is 3.09. The zero-order chi connectivity index (χ0) is 17.2. The number of hydrogen-bond acceptors (Lipinski definition) is 5. The van der Waals surface area contributed by atoms with Gasteiger partial charge in [0.05, 0.1) is 17.3 Å². The fraction of sp³-hybridized carbons (Fsp3) is 0.278. The van der Waals surface area contributed by atoms with Crippen molar-refractivity contribution in [3.63, 3.8) is 0 Å². The number of anilines is 1. The minimum atomic E-state index is -3.50. The van der Waals surface area contributed by atoms with Crippen molar-refractivity contribution in [2.75, 3.05) is 18.6 Å². The first kappa shape index (κ1) is 16.5. The topological polar surface area (TPSA) is 63.7 Å². The average Bonchev–Trinajstić information content (AvgIpc) is 3.09. The lowest BCUT2D eigenvalue weighted by atomic mass is 10.2. The quantitative estimate of drug-likeness (QED) is 0.796. The van der Waals surface area contributed by atoms with E-state index in [4.69, 9.17) is 4.74 Å². The molecule has 0 unspecified atom stereocenters. The number of hydrogen-bond donors (Lipinski definition) is 0. The lowest BCUT2D eigenvalue weighted by Gasteiger charge is -2.24. The molecule has 2 atom stereocenters. The minimum Gasteiger partial charge on any atom is -0.467 e. The van der Waals surface area contributed by atoms with Gasteiger partial charge in [-0.1, -0.05) is 36.4 Å². The molecule has 0 aliphatic carbocycles. The van der Waals surface area contributed by atoms with E-state index < -0.39 is 27.1 Å². The second kappa shape index (κ2) is 6.65. The second-order valence-electron chi connectivity index (χ2n) is 5.74. The highest BCUT2D eigenvalue weighted by Crippen LogP contribution is 2.32. The van der Waals surface area contributed by atoms with Crippen molar-refractivity contribution in [2.24, 2.45) is 0 Å². The normalized spacial score (nSPS) is 20.8. The van der Waals surface area contributed by atoms with Crippen molar-refractivity contribution in [1.29, 1.82) is 0 Å². The average molecular weight is 345 g/mol. The molecule has 0 amide bonds. The van der Waals surface area contributed by atoms with E-state index in [1.165, 1.54) is 7.11 Å². The summed E-state index contributed by atoms with van der Waals surface area (Å²) in [6, 6.07) is 17.1. The Morgan fingerprint density at radius 2 is 1.62 bits per heavy atom. The molecule has 2 aromatic rings. The molecule has 0 bridgehead atoms. The number of carbonyl (C=O) groups excluding carboxylic acids is 1. The van der Waals surface area contributed by atoms with Crippen LogP contribution in [0.3, 0.4) is 0 Å². The van der Waals surface area contributed by atoms with Crippen molar-refractivity contribution in [1.82, 2.24) is 0 Å². The number of sulfone groups is 1. The van der Waals surface area contributed by atoms with Gasteiger partial charge in [0.25, 0.3) is 0 Å². The molecule has 126 valence electrons. The first-order chi connectivity index (χ1) is 11.5. The smallest absolute Gasteiger partial charge is 0.328 e.